The average molecular weight is 303 g/mol. The predicted molar refractivity (Wildman–Crippen MR) is 84.5 cm³/mol. The van der Waals surface area contributed by atoms with Crippen LogP contribution in [0.5, 0.6) is 0 Å². The van der Waals surface area contributed by atoms with E-state index in [4.69, 9.17) is 5.11 Å². The maximum absolute atomic E-state index is 9.10. The van der Waals surface area contributed by atoms with E-state index in [0.717, 1.165) is 30.8 Å². The number of aliphatic hydroxyl groups excluding tert-OH is 1. The number of aliphatic hydroxyl groups is 1. The van der Waals surface area contributed by atoms with Gasteiger partial charge in [0, 0.05) is 42.1 Å². The standard InChI is InChI=1S/C16H25N5O/c1-11-13(12(2)21(19-11)7-8-22)9-17-15-5-4-6-16-14(15)10-18-20(16)3/h10,15,17,22H,4-9H2,1-3H3. The number of fused-ring (bicyclic) bond motifs is 1. The van der Waals surface area contributed by atoms with Crippen molar-refractivity contribution in [1.29, 1.82) is 0 Å². The molecule has 1 aliphatic rings. The van der Waals surface area contributed by atoms with Crippen LogP contribution in [0.1, 0.15) is 47.1 Å². The van der Waals surface area contributed by atoms with Gasteiger partial charge in [-0.15, -0.1) is 0 Å². The van der Waals surface area contributed by atoms with Gasteiger partial charge in [0.1, 0.15) is 0 Å². The molecule has 2 aromatic rings. The van der Waals surface area contributed by atoms with Crippen LogP contribution in [0.15, 0.2) is 6.20 Å². The Morgan fingerprint density at radius 1 is 1.41 bits per heavy atom. The number of nitrogens with zero attached hydrogens (tertiary/aromatic N) is 4. The van der Waals surface area contributed by atoms with Crippen molar-refractivity contribution in [3.8, 4) is 0 Å². The molecule has 2 aromatic heterocycles. The summed E-state index contributed by atoms with van der Waals surface area (Å²) in [7, 11) is 2.02. The monoisotopic (exact) mass is 303 g/mol. The highest BCUT2D eigenvalue weighted by molar-refractivity contribution is 5.27. The van der Waals surface area contributed by atoms with Crippen LogP contribution in [0.25, 0.3) is 0 Å². The van der Waals surface area contributed by atoms with Crippen LogP contribution in [0.3, 0.4) is 0 Å². The third-order valence-electron chi connectivity index (χ3n) is 4.74. The van der Waals surface area contributed by atoms with Crippen molar-refractivity contribution < 1.29 is 5.11 Å². The average Bonchev–Trinajstić information content (AvgIpc) is 3.00. The van der Waals surface area contributed by atoms with E-state index >= 15 is 0 Å². The normalized spacial score (nSPS) is 17.7. The maximum Gasteiger partial charge on any atom is 0.0644 e. The molecule has 0 amide bonds. The van der Waals surface area contributed by atoms with Gasteiger partial charge >= 0.3 is 0 Å². The third-order valence-corrected chi connectivity index (χ3v) is 4.74. The second kappa shape index (κ2) is 6.22. The minimum atomic E-state index is 0.122. The first-order valence-corrected chi connectivity index (χ1v) is 7.99. The van der Waals surface area contributed by atoms with Gasteiger partial charge in [0.25, 0.3) is 0 Å². The van der Waals surface area contributed by atoms with Crippen LogP contribution in [0, 0.1) is 13.8 Å². The lowest BCUT2D eigenvalue weighted by molar-refractivity contribution is 0.267. The number of nitrogens with one attached hydrogen (secondary N) is 1. The van der Waals surface area contributed by atoms with Crippen LogP contribution < -0.4 is 5.32 Å². The first-order valence-electron chi connectivity index (χ1n) is 7.99. The molecule has 0 aromatic carbocycles. The van der Waals surface area contributed by atoms with Crippen LogP contribution in [-0.4, -0.2) is 31.3 Å². The second-order valence-electron chi connectivity index (χ2n) is 6.09. The quantitative estimate of drug-likeness (QED) is 0.876. The zero-order chi connectivity index (χ0) is 15.7. The molecule has 1 unspecified atom stereocenters. The lowest BCUT2D eigenvalue weighted by Crippen LogP contribution is -2.25. The minimum absolute atomic E-state index is 0.122. The van der Waals surface area contributed by atoms with Crippen molar-refractivity contribution in [3.63, 3.8) is 0 Å². The number of aryl methyl sites for hydroxylation is 2. The zero-order valence-electron chi connectivity index (χ0n) is 13.6. The van der Waals surface area contributed by atoms with E-state index in [9.17, 15) is 0 Å². The highest BCUT2D eigenvalue weighted by Crippen LogP contribution is 2.29. The fourth-order valence-electron chi connectivity index (χ4n) is 3.45. The molecule has 22 heavy (non-hydrogen) atoms. The molecule has 0 fully saturated rings. The number of aromatic nitrogens is 4. The molecule has 120 valence electrons. The van der Waals surface area contributed by atoms with Gasteiger partial charge in [0.05, 0.1) is 25.0 Å². The van der Waals surface area contributed by atoms with Gasteiger partial charge < -0.3 is 10.4 Å². The topological polar surface area (TPSA) is 67.9 Å². The van der Waals surface area contributed by atoms with Crippen molar-refractivity contribution >= 4 is 0 Å². The van der Waals surface area contributed by atoms with E-state index in [2.05, 4.69) is 22.4 Å². The molecule has 0 radical (unpaired) electrons. The van der Waals surface area contributed by atoms with Gasteiger partial charge in [0.15, 0.2) is 0 Å². The van der Waals surface area contributed by atoms with E-state index < -0.39 is 0 Å². The highest BCUT2D eigenvalue weighted by Gasteiger charge is 2.23. The Bertz CT molecular complexity index is 658. The predicted octanol–water partition coefficient (Wildman–Crippen LogP) is 1.39. The largest absolute Gasteiger partial charge is 0.394 e. The van der Waals surface area contributed by atoms with Gasteiger partial charge in [-0.2, -0.15) is 10.2 Å². The Morgan fingerprint density at radius 2 is 2.23 bits per heavy atom. The molecule has 0 aliphatic heterocycles. The Kier molecular flexibility index (Phi) is 4.31. The molecule has 6 nitrogen and oxygen atoms in total. The summed E-state index contributed by atoms with van der Waals surface area (Å²) in [5, 5.41) is 21.7. The molecule has 0 bridgehead atoms. The molecule has 1 atom stereocenters. The summed E-state index contributed by atoms with van der Waals surface area (Å²) in [6.45, 7) is 5.60. The number of hydrogen-bond donors (Lipinski definition) is 2. The SMILES string of the molecule is Cc1nn(CCO)c(C)c1CNC1CCCc2c1cnn2C. The van der Waals surface area contributed by atoms with Crippen LogP contribution in [0.4, 0.5) is 0 Å². The summed E-state index contributed by atoms with van der Waals surface area (Å²) in [5.41, 5.74) is 6.12. The molecule has 0 spiro atoms. The highest BCUT2D eigenvalue weighted by atomic mass is 16.3. The van der Waals surface area contributed by atoms with Crippen molar-refractivity contribution in [1.82, 2.24) is 24.9 Å². The summed E-state index contributed by atoms with van der Waals surface area (Å²) >= 11 is 0. The molecule has 0 saturated carbocycles. The van der Waals surface area contributed by atoms with Gasteiger partial charge in [-0.05, 0) is 33.1 Å². The minimum Gasteiger partial charge on any atom is -0.394 e. The maximum atomic E-state index is 9.10. The summed E-state index contributed by atoms with van der Waals surface area (Å²) in [6, 6.07) is 0.373. The smallest absolute Gasteiger partial charge is 0.0644 e. The lowest BCUT2D eigenvalue weighted by atomic mass is 9.93. The molecule has 2 heterocycles. The van der Waals surface area contributed by atoms with Crippen molar-refractivity contribution in [2.24, 2.45) is 7.05 Å². The van der Waals surface area contributed by atoms with Crippen LogP contribution >= 0.6 is 0 Å². The van der Waals surface area contributed by atoms with Gasteiger partial charge in [-0.25, -0.2) is 0 Å². The summed E-state index contributed by atoms with van der Waals surface area (Å²) in [5.74, 6) is 0. The van der Waals surface area contributed by atoms with E-state index in [1.165, 1.54) is 23.2 Å². The van der Waals surface area contributed by atoms with E-state index in [-0.39, 0.29) is 6.61 Å². The molecular formula is C16H25N5O. The summed E-state index contributed by atoms with van der Waals surface area (Å²) < 4.78 is 3.89. The van der Waals surface area contributed by atoms with Crippen LogP contribution in [0.2, 0.25) is 0 Å². The fraction of sp³-hybridized carbons (Fsp3) is 0.625. The first-order chi connectivity index (χ1) is 10.6. The number of hydrogen-bond acceptors (Lipinski definition) is 4. The molecule has 1 aliphatic carbocycles. The van der Waals surface area contributed by atoms with Gasteiger partial charge in [-0.1, -0.05) is 0 Å². The fourth-order valence-corrected chi connectivity index (χ4v) is 3.45. The summed E-state index contributed by atoms with van der Waals surface area (Å²) in [4.78, 5) is 0. The first kappa shape index (κ1) is 15.2. The molecule has 3 rings (SSSR count). The van der Waals surface area contributed by atoms with Crippen LogP contribution in [-0.2, 0) is 26.6 Å². The Hall–Kier alpha value is -1.66. The molecular weight excluding hydrogens is 278 g/mol. The van der Waals surface area contributed by atoms with E-state index in [1.807, 2.05) is 29.5 Å². The second-order valence-corrected chi connectivity index (χ2v) is 6.09. The van der Waals surface area contributed by atoms with Gasteiger partial charge in [-0.3, -0.25) is 9.36 Å². The third kappa shape index (κ3) is 2.68. The zero-order valence-corrected chi connectivity index (χ0v) is 13.6. The lowest BCUT2D eigenvalue weighted by Gasteiger charge is -2.24. The Morgan fingerprint density at radius 3 is 3.00 bits per heavy atom. The van der Waals surface area contributed by atoms with E-state index in [1.54, 1.807) is 0 Å². The molecule has 0 saturated heterocycles. The van der Waals surface area contributed by atoms with Crippen molar-refractivity contribution in [2.75, 3.05) is 6.61 Å². The Balaban J connectivity index is 1.74. The molecule has 6 heteroatoms. The van der Waals surface area contributed by atoms with Gasteiger partial charge in [0.2, 0.25) is 0 Å². The Labute approximate surface area is 131 Å². The summed E-state index contributed by atoms with van der Waals surface area (Å²) in [6.07, 6.45) is 5.48. The van der Waals surface area contributed by atoms with E-state index in [0.29, 0.717) is 12.6 Å². The van der Waals surface area contributed by atoms with Crippen molar-refractivity contribution in [3.05, 3.63) is 34.4 Å². The number of rotatable bonds is 5. The van der Waals surface area contributed by atoms with Crippen molar-refractivity contribution in [2.45, 2.75) is 52.2 Å². The molecule has 2 N–H and O–H groups in total.